The second-order valence-corrected chi connectivity index (χ2v) is 6.89. The monoisotopic (exact) mass is 349 g/mol. The fraction of sp³-hybridized carbons (Fsp3) is 0.471. The minimum Gasteiger partial charge on any atom is -0.462 e. The molecular formula is C17H23N3O3S. The highest BCUT2D eigenvalue weighted by molar-refractivity contribution is 7.16. The molecule has 1 N–H and O–H groups in total. The van der Waals surface area contributed by atoms with Crippen LogP contribution in [-0.2, 0) is 23.0 Å². The number of rotatable bonds is 6. The molecule has 0 saturated carbocycles. The number of carbonyl (C=O) groups excluding carboxylic acids is 2. The van der Waals surface area contributed by atoms with Gasteiger partial charge in [0, 0.05) is 24.5 Å². The van der Waals surface area contributed by atoms with E-state index in [9.17, 15) is 9.59 Å². The molecule has 2 aromatic rings. The van der Waals surface area contributed by atoms with E-state index < -0.39 is 5.97 Å². The number of ether oxygens (including phenoxy) is 1. The molecule has 0 aliphatic carbocycles. The van der Waals surface area contributed by atoms with Crippen molar-refractivity contribution in [2.24, 2.45) is 7.05 Å². The number of anilines is 1. The first-order valence-electron chi connectivity index (χ1n) is 7.89. The lowest BCUT2D eigenvalue weighted by Crippen LogP contribution is -2.15. The summed E-state index contributed by atoms with van der Waals surface area (Å²) in [6.45, 7) is 7.80. The van der Waals surface area contributed by atoms with E-state index >= 15 is 0 Å². The van der Waals surface area contributed by atoms with Gasteiger partial charge >= 0.3 is 5.97 Å². The van der Waals surface area contributed by atoms with Crippen LogP contribution in [0.5, 0.6) is 0 Å². The van der Waals surface area contributed by atoms with Crippen molar-refractivity contribution in [1.29, 1.82) is 0 Å². The van der Waals surface area contributed by atoms with E-state index in [2.05, 4.69) is 10.4 Å². The first-order valence-corrected chi connectivity index (χ1v) is 8.71. The van der Waals surface area contributed by atoms with Gasteiger partial charge in [-0.15, -0.1) is 11.3 Å². The third-order valence-electron chi connectivity index (χ3n) is 3.85. The Bertz CT molecular complexity index is 761. The molecular weight excluding hydrogens is 326 g/mol. The smallest absolute Gasteiger partial charge is 0.341 e. The number of aryl methyl sites for hydroxylation is 4. The Morgan fingerprint density at radius 2 is 2.04 bits per heavy atom. The van der Waals surface area contributed by atoms with Crippen LogP contribution >= 0.6 is 11.3 Å². The van der Waals surface area contributed by atoms with Crippen molar-refractivity contribution in [2.45, 2.75) is 40.5 Å². The van der Waals surface area contributed by atoms with E-state index in [1.807, 2.05) is 34.0 Å². The standard InChI is InChI=1S/C17H23N3O3S/c1-6-23-17(22)15-10(2)12(4)24-16(15)18-14(21)8-7-13-9-20(5)19-11(13)3/h9H,6-8H2,1-5H3,(H,18,21). The first kappa shape index (κ1) is 18.2. The molecule has 2 rings (SSSR count). The number of hydrogen-bond acceptors (Lipinski definition) is 5. The average molecular weight is 349 g/mol. The number of nitrogens with one attached hydrogen (secondary N) is 1. The lowest BCUT2D eigenvalue weighted by molar-refractivity contribution is -0.116. The summed E-state index contributed by atoms with van der Waals surface area (Å²) < 4.78 is 6.84. The molecule has 0 saturated heterocycles. The number of hydrogen-bond donors (Lipinski definition) is 1. The Balaban J connectivity index is 2.07. The van der Waals surface area contributed by atoms with Gasteiger partial charge in [-0.1, -0.05) is 0 Å². The van der Waals surface area contributed by atoms with Crippen LogP contribution < -0.4 is 5.32 Å². The largest absolute Gasteiger partial charge is 0.462 e. The van der Waals surface area contributed by atoms with Gasteiger partial charge in [0.05, 0.1) is 17.9 Å². The highest BCUT2D eigenvalue weighted by atomic mass is 32.1. The van der Waals surface area contributed by atoms with Gasteiger partial charge in [0.15, 0.2) is 0 Å². The van der Waals surface area contributed by atoms with Crippen molar-refractivity contribution in [3.8, 4) is 0 Å². The SMILES string of the molecule is CCOC(=O)c1c(NC(=O)CCc2cn(C)nc2C)sc(C)c1C. The van der Waals surface area contributed by atoms with Crippen molar-refractivity contribution in [2.75, 3.05) is 11.9 Å². The minimum atomic E-state index is -0.391. The second kappa shape index (κ2) is 7.61. The molecule has 2 heterocycles. The topological polar surface area (TPSA) is 73.2 Å². The Morgan fingerprint density at radius 3 is 2.62 bits per heavy atom. The molecule has 6 nitrogen and oxygen atoms in total. The van der Waals surface area contributed by atoms with Crippen molar-refractivity contribution < 1.29 is 14.3 Å². The van der Waals surface area contributed by atoms with Crippen molar-refractivity contribution in [3.63, 3.8) is 0 Å². The summed E-state index contributed by atoms with van der Waals surface area (Å²) in [4.78, 5) is 25.4. The molecule has 0 atom stereocenters. The highest BCUT2D eigenvalue weighted by Crippen LogP contribution is 2.33. The summed E-state index contributed by atoms with van der Waals surface area (Å²) in [6.07, 6.45) is 2.88. The molecule has 2 aromatic heterocycles. The number of carbonyl (C=O) groups is 2. The van der Waals surface area contributed by atoms with Crippen LogP contribution in [0.15, 0.2) is 6.20 Å². The van der Waals surface area contributed by atoms with Gasteiger partial charge in [0.25, 0.3) is 0 Å². The number of amides is 1. The molecule has 24 heavy (non-hydrogen) atoms. The van der Waals surface area contributed by atoms with Gasteiger partial charge in [-0.25, -0.2) is 4.79 Å². The van der Waals surface area contributed by atoms with Crippen LogP contribution in [0.4, 0.5) is 5.00 Å². The van der Waals surface area contributed by atoms with Gasteiger partial charge in [-0.2, -0.15) is 5.10 Å². The van der Waals surface area contributed by atoms with E-state index in [0.29, 0.717) is 30.0 Å². The quantitative estimate of drug-likeness (QED) is 0.813. The fourth-order valence-corrected chi connectivity index (χ4v) is 3.56. The molecule has 0 aliphatic rings. The Kier molecular flexibility index (Phi) is 5.77. The van der Waals surface area contributed by atoms with E-state index in [4.69, 9.17) is 4.74 Å². The van der Waals surface area contributed by atoms with E-state index in [0.717, 1.165) is 21.7 Å². The van der Waals surface area contributed by atoms with Gasteiger partial charge in [-0.05, 0) is 45.2 Å². The molecule has 7 heteroatoms. The zero-order valence-electron chi connectivity index (χ0n) is 14.7. The number of aromatic nitrogens is 2. The summed E-state index contributed by atoms with van der Waals surface area (Å²) in [6, 6.07) is 0. The van der Waals surface area contributed by atoms with Crippen LogP contribution in [0.1, 0.15) is 45.4 Å². The Hall–Kier alpha value is -2.15. The Morgan fingerprint density at radius 1 is 1.33 bits per heavy atom. The van der Waals surface area contributed by atoms with Crippen LogP contribution in [0, 0.1) is 20.8 Å². The van der Waals surface area contributed by atoms with E-state index in [1.165, 1.54) is 11.3 Å². The molecule has 0 radical (unpaired) electrons. The molecule has 0 aliphatic heterocycles. The fourth-order valence-electron chi connectivity index (χ4n) is 2.50. The number of thiophene rings is 1. The third-order valence-corrected chi connectivity index (χ3v) is 4.98. The maximum absolute atomic E-state index is 12.3. The maximum atomic E-state index is 12.3. The lowest BCUT2D eigenvalue weighted by atomic mass is 10.1. The molecule has 0 bridgehead atoms. The van der Waals surface area contributed by atoms with E-state index in [1.54, 1.807) is 11.6 Å². The number of nitrogens with zero attached hydrogens (tertiary/aromatic N) is 2. The highest BCUT2D eigenvalue weighted by Gasteiger charge is 2.22. The lowest BCUT2D eigenvalue weighted by Gasteiger charge is -2.07. The van der Waals surface area contributed by atoms with Crippen LogP contribution in [0.3, 0.4) is 0 Å². The third kappa shape index (κ3) is 4.03. The predicted molar refractivity (Wildman–Crippen MR) is 94.6 cm³/mol. The zero-order chi connectivity index (χ0) is 17.9. The van der Waals surface area contributed by atoms with Crippen molar-refractivity contribution in [1.82, 2.24) is 9.78 Å². The van der Waals surface area contributed by atoms with Crippen molar-refractivity contribution >= 4 is 28.2 Å². The molecule has 1 amide bonds. The van der Waals surface area contributed by atoms with Gasteiger partial charge in [0.2, 0.25) is 5.91 Å². The van der Waals surface area contributed by atoms with Crippen LogP contribution in [0.2, 0.25) is 0 Å². The Labute approximate surface area is 145 Å². The maximum Gasteiger partial charge on any atom is 0.341 e. The molecule has 0 aromatic carbocycles. The summed E-state index contributed by atoms with van der Waals surface area (Å²) in [5, 5.41) is 7.70. The average Bonchev–Trinajstić information content (AvgIpc) is 2.96. The van der Waals surface area contributed by atoms with Crippen LogP contribution in [0.25, 0.3) is 0 Å². The normalized spacial score (nSPS) is 10.7. The summed E-state index contributed by atoms with van der Waals surface area (Å²) in [5.74, 6) is -0.511. The summed E-state index contributed by atoms with van der Waals surface area (Å²) >= 11 is 1.40. The summed E-state index contributed by atoms with van der Waals surface area (Å²) in [5.41, 5.74) is 3.30. The van der Waals surface area contributed by atoms with Gasteiger partial charge < -0.3 is 10.1 Å². The van der Waals surface area contributed by atoms with Gasteiger partial charge in [0.1, 0.15) is 5.00 Å². The first-order chi connectivity index (χ1) is 11.3. The molecule has 0 fully saturated rings. The zero-order valence-corrected chi connectivity index (χ0v) is 15.5. The minimum absolute atomic E-state index is 0.120. The molecule has 130 valence electrons. The molecule has 0 spiro atoms. The molecule has 0 unspecified atom stereocenters. The second-order valence-electron chi connectivity index (χ2n) is 5.67. The van der Waals surface area contributed by atoms with Crippen LogP contribution in [-0.4, -0.2) is 28.3 Å². The van der Waals surface area contributed by atoms with Gasteiger partial charge in [-0.3, -0.25) is 9.48 Å². The summed E-state index contributed by atoms with van der Waals surface area (Å²) in [7, 11) is 1.86. The van der Waals surface area contributed by atoms with Crippen molar-refractivity contribution in [3.05, 3.63) is 33.5 Å². The number of esters is 1. The van der Waals surface area contributed by atoms with E-state index in [-0.39, 0.29) is 5.91 Å². The predicted octanol–water partition coefficient (Wildman–Crippen LogP) is 3.15.